The minimum atomic E-state index is -0.400. The van der Waals surface area contributed by atoms with Crippen molar-refractivity contribution in [2.24, 2.45) is 0 Å². The van der Waals surface area contributed by atoms with Gasteiger partial charge in [-0.15, -0.1) is 0 Å². The third kappa shape index (κ3) is 2.87. The van der Waals surface area contributed by atoms with Crippen LogP contribution in [-0.2, 0) is 14.3 Å². The summed E-state index contributed by atoms with van der Waals surface area (Å²) in [5.74, 6) is 1.17. The first-order valence-electron chi connectivity index (χ1n) is 7.82. The number of benzene rings is 2. The Bertz CT molecular complexity index is 777. The molecule has 0 fully saturated rings. The average molecular weight is 324 g/mol. The van der Waals surface area contributed by atoms with Gasteiger partial charge in [-0.1, -0.05) is 42.5 Å². The van der Waals surface area contributed by atoms with Crippen molar-refractivity contribution in [3.8, 4) is 5.75 Å². The van der Waals surface area contributed by atoms with Crippen LogP contribution in [0.25, 0.3) is 11.3 Å². The highest BCUT2D eigenvalue weighted by Crippen LogP contribution is 2.47. The van der Waals surface area contributed by atoms with Crippen LogP contribution in [-0.4, -0.2) is 20.2 Å². The van der Waals surface area contributed by atoms with E-state index in [0.717, 1.165) is 28.0 Å². The van der Waals surface area contributed by atoms with Gasteiger partial charge in [-0.25, -0.2) is 0 Å². The average Bonchev–Trinajstić information content (AvgIpc) is 2.61. The Hall–Kier alpha value is -2.75. The van der Waals surface area contributed by atoms with E-state index in [1.54, 1.807) is 14.2 Å². The van der Waals surface area contributed by atoms with E-state index in [1.165, 1.54) is 6.92 Å². The molecule has 124 valence electrons. The lowest BCUT2D eigenvalue weighted by Gasteiger charge is -2.30. The molecule has 2 aromatic rings. The van der Waals surface area contributed by atoms with Crippen molar-refractivity contribution in [1.29, 1.82) is 0 Å². The van der Waals surface area contributed by atoms with Gasteiger partial charge in [0.05, 0.1) is 14.2 Å². The molecular weight excluding hydrogens is 304 g/mol. The summed E-state index contributed by atoms with van der Waals surface area (Å²) < 4.78 is 16.8. The Morgan fingerprint density at radius 1 is 1.00 bits per heavy atom. The fraction of sp³-hybridized carbons (Fsp3) is 0.250. The summed E-state index contributed by atoms with van der Waals surface area (Å²) in [6.45, 7) is 1.42. The molecule has 2 aromatic carbocycles. The molecule has 0 radical (unpaired) electrons. The van der Waals surface area contributed by atoms with Gasteiger partial charge in [0.25, 0.3) is 0 Å². The van der Waals surface area contributed by atoms with Crippen molar-refractivity contribution in [1.82, 2.24) is 0 Å². The molecule has 1 aliphatic rings. The zero-order chi connectivity index (χ0) is 17.1. The molecule has 24 heavy (non-hydrogen) atoms. The molecule has 0 aliphatic heterocycles. The van der Waals surface area contributed by atoms with Gasteiger partial charge in [0.2, 0.25) is 0 Å². The van der Waals surface area contributed by atoms with Crippen molar-refractivity contribution >= 4 is 17.3 Å². The van der Waals surface area contributed by atoms with Crippen molar-refractivity contribution in [2.75, 3.05) is 14.2 Å². The van der Waals surface area contributed by atoms with Gasteiger partial charge in [-0.2, -0.15) is 0 Å². The first-order chi connectivity index (χ1) is 11.7. The number of methoxy groups -OCH3 is 2. The van der Waals surface area contributed by atoms with E-state index >= 15 is 0 Å². The first kappa shape index (κ1) is 16.1. The monoisotopic (exact) mass is 324 g/mol. The second-order valence-electron chi connectivity index (χ2n) is 5.60. The van der Waals surface area contributed by atoms with Gasteiger partial charge in [-0.3, -0.25) is 4.79 Å². The Kier molecular flexibility index (Phi) is 4.56. The number of esters is 1. The number of hydrogen-bond acceptors (Lipinski definition) is 4. The zero-order valence-corrected chi connectivity index (χ0v) is 14.0. The van der Waals surface area contributed by atoms with Gasteiger partial charge in [0, 0.05) is 30.0 Å². The molecule has 3 rings (SSSR count). The molecule has 1 unspecified atom stereocenters. The van der Waals surface area contributed by atoms with Crippen LogP contribution in [0.5, 0.6) is 5.75 Å². The molecule has 0 spiro atoms. The summed E-state index contributed by atoms with van der Waals surface area (Å²) >= 11 is 0. The summed E-state index contributed by atoms with van der Waals surface area (Å²) in [7, 11) is 3.27. The molecule has 0 saturated heterocycles. The molecule has 0 amide bonds. The molecule has 1 aliphatic carbocycles. The van der Waals surface area contributed by atoms with E-state index < -0.39 is 6.10 Å². The summed E-state index contributed by atoms with van der Waals surface area (Å²) in [6, 6.07) is 15.8. The van der Waals surface area contributed by atoms with Gasteiger partial charge < -0.3 is 14.2 Å². The first-order valence-corrected chi connectivity index (χ1v) is 7.82. The Morgan fingerprint density at radius 2 is 1.75 bits per heavy atom. The van der Waals surface area contributed by atoms with Gasteiger partial charge in [0.15, 0.2) is 0 Å². The zero-order valence-electron chi connectivity index (χ0n) is 14.0. The lowest BCUT2D eigenvalue weighted by atomic mass is 9.84. The molecule has 4 heteroatoms. The summed E-state index contributed by atoms with van der Waals surface area (Å²) in [4.78, 5) is 11.6. The highest BCUT2D eigenvalue weighted by molar-refractivity contribution is 5.91. The second kappa shape index (κ2) is 6.79. The standard InChI is InChI=1S/C20H20O4/c1-13(21)24-18-12-16(14-8-5-4-6-9-14)20(23-3)15-10-7-11-17(22-2)19(15)18/h4-11,18H,12H2,1-3H3. The third-order valence-corrected chi connectivity index (χ3v) is 4.15. The van der Waals surface area contributed by atoms with Crippen molar-refractivity contribution in [2.45, 2.75) is 19.4 Å². The van der Waals surface area contributed by atoms with Crippen LogP contribution >= 0.6 is 0 Å². The Morgan fingerprint density at radius 3 is 2.38 bits per heavy atom. The highest BCUT2D eigenvalue weighted by atomic mass is 16.5. The lowest BCUT2D eigenvalue weighted by Crippen LogP contribution is -2.17. The third-order valence-electron chi connectivity index (χ3n) is 4.15. The molecule has 1 atom stereocenters. The SMILES string of the molecule is COC1=C(c2ccccc2)CC(OC(C)=O)c2c(OC)cccc21. The van der Waals surface area contributed by atoms with Gasteiger partial charge in [-0.05, 0) is 11.6 Å². The predicted octanol–water partition coefficient (Wildman–Crippen LogP) is 4.22. The van der Waals surface area contributed by atoms with Crippen molar-refractivity contribution < 1.29 is 19.0 Å². The van der Waals surface area contributed by atoms with Crippen molar-refractivity contribution in [3.63, 3.8) is 0 Å². The molecule has 0 aromatic heterocycles. The largest absolute Gasteiger partial charge is 0.496 e. The fourth-order valence-electron chi connectivity index (χ4n) is 3.22. The smallest absolute Gasteiger partial charge is 0.303 e. The number of carbonyl (C=O) groups is 1. The minimum Gasteiger partial charge on any atom is -0.496 e. The molecular formula is C20H20O4. The second-order valence-corrected chi connectivity index (χ2v) is 5.60. The van der Waals surface area contributed by atoms with Crippen molar-refractivity contribution in [3.05, 3.63) is 65.2 Å². The van der Waals surface area contributed by atoms with Gasteiger partial charge in [0.1, 0.15) is 17.6 Å². The number of fused-ring (bicyclic) bond motifs is 1. The summed E-state index contributed by atoms with van der Waals surface area (Å²) in [5.41, 5.74) is 3.82. The maximum Gasteiger partial charge on any atom is 0.303 e. The minimum absolute atomic E-state index is 0.315. The maximum absolute atomic E-state index is 11.6. The molecule has 0 heterocycles. The quantitative estimate of drug-likeness (QED) is 0.790. The fourth-order valence-corrected chi connectivity index (χ4v) is 3.22. The van der Waals surface area contributed by atoms with Crippen LogP contribution in [0.1, 0.15) is 36.1 Å². The van der Waals surface area contributed by atoms with Crippen LogP contribution < -0.4 is 4.74 Å². The summed E-state index contributed by atoms with van der Waals surface area (Å²) in [6.07, 6.45) is 0.142. The Labute approximate surface area is 141 Å². The van der Waals surface area contributed by atoms with E-state index in [2.05, 4.69) is 0 Å². The van der Waals surface area contributed by atoms with Crippen LogP contribution in [0.15, 0.2) is 48.5 Å². The number of ether oxygens (including phenoxy) is 3. The lowest BCUT2D eigenvalue weighted by molar-refractivity contribution is -0.146. The molecule has 0 bridgehead atoms. The maximum atomic E-state index is 11.6. The summed E-state index contributed by atoms with van der Waals surface area (Å²) in [5, 5.41) is 0. The predicted molar refractivity (Wildman–Crippen MR) is 92.4 cm³/mol. The van der Waals surface area contributed by atoms with Crippen LogP contribution in [0, 0.1) is 0 Å². The number of hydrogen-bond donors (Lipinski definition) is 0. The topological polar surface area (TPSA) is 44.8 Å². The van der Waals surface area contributed by atoms with Crippen LogP contribution in [0.3, 0.4) is 0 Å². The molecule has 0 saturated carbocycles. The highest BCUT2D eigenvalue weighted by Gasteiger charge is 2.32. The van der Waals surface area contributed by atoms with Gasteiger partial charge >= 0.3 is 5.97 Å². The van der Waals surface area contributed by atoms with E-state index in [4.69, 9.17) is 14.2 Å². The Balaban J connectivity index is 2.22. The number of rotatable bonds is 4. The normalized spacial score (nSPS) is 16.4. The van der Waals surface area contributed by atoms with Crippen LogP contribution in [0.4, 0.5) is 0 Å². The van der Waals surface area contributed by atoms with E-state index in [-0.39, 0.29) is 5.97 Å². The number of carbonyl (C=O) groups excluding carboxylic acids is 1. The van der Waals surface area contributed by atoms with E-state index in [1.807, 2.05) is 48.5 Å². The molecule has 0 N–H and O–H groups in total. The molecule has 4 nitrogen and oxygen atoms in total. The van der Waals surface area contributed by atoms with E-state index in [9.17, 15) is 4.79 Å². The van der Waals surface area contributed by atoms with Crippen LogP contribution in [0.2, 0.25) is 0 Å². The van der Waals surface area contributed by atoms with E-state index in [0.29, 0.717) is 12.2 Å².